The first-order valence-electron chi connectivity index (χ1n) is 5.50. The lowest BCUT2D eigenvalue weighted by molar-refractivity contribution is 0.764. The van der Waals surface area contributed by atoms with E-state index in [2.05, 4.69) is 25.5 Å². The zero-order valence-electron chi connectivity index (χ0n) is 10.3. The van der Waals surface area contributed by atoms with Gasteiger partial charge in [-0.25, -0.2) is 19.9 Å². The van der Waals surface area contributed by atoms with Crippen LogP contribution in [0.4, 0.5) is 5.82 Å². The third-order valence-electron chi connectivity index (χ3n) is 2.63. The Morgan fingerprint density at radius 2 is 2.32 bits per heavy atom. The molecule has 0 aliphatic carbocycles. The van der Waals surface area contributed by atoms with Gasteiger partial charge in [-0.05, 0) is 11.8 Å². The molecule has 8 nitrogen and oxygen atoms in total. The van der Waals surface area contributed by atoms with Crippen LogP contribution in [-0.2, 0) is 7.05 Å². The SMILES string of the molecule is CNc1cn2ccnc2c(Sc2n[nH]c(=O)n2C)n1. The van der Waals surface area contributed by atoms with Gasteiger partial charge in [0, 0.05) is 26.5 Å². The molecule has 0 saturated heterocycles. The lowest BCUT2D eigenvalue weighted by Gasteiger charge is -2.05. The largest absolute Gasteiger partial charge is 0.372 e. The number of H-pyrrole nitrogens is 1. The van der Waals surface area contributed by atoms with Crippen molar-refractivity contribution >= 4 is 23.2 Å². The van der Waals surface area contributed by atoms with Crippen LogP contribution in [-0.4, -0.2) is 36.2 Å². The second kappa shape index (κ2) is 4.43. The number of aromatic nitrogens is 6. The lowest BCUT2D eigenvalue weighted by Crippen LogP contribution is -2.12. The highest BCUT2D eigenvalue weighted by molar-refractivity contribution is 7.99. The predicted octanol–water partition coefficient (Wildman–Crippen LogP) is 0.344. The molecule has 0 spiro atoms. The zero-order chi connectivity index (χ0) is 13.4. The maximum absolute atomic E-state index is 11.3. The summed E-state index contributed by atoms with van der Waals surface area (Å²) in [6, 6.07) is 0. The fourth-order valence-corrected chi connectivity index (χ4v) is 2.48. The smallest absolute Gasteiger partial charge is 0.343 e. The van der Waals surface area contributed by atoms with Crippen LogP contribution in [0.5, 0.6) is 0 Å². The molecular formula is C10H11N7OS. The van der Waals surface area contributed by atoms with Gasteiger partial charge in [0.05, 0.1) is 6.20 Å². The Labute approximate surface area is 111 Å². The van der Waals surface area contributed by atoms with Crippen LogP contribution in [0.15, 0.2) is 33.6 Å². The number of hydrogen-bond donors (Lipinski definition) is 2. The molecule has 19 heavy (non-hydrogen) atoms. The van der Waals surface area contributed by atoms with E-state index in [1.165, 1.54) is 16.3 Å². The molecule has 0 aromatic carbocycles. The molecule has 0 amide bonds. The minimum absolute atomic E-state index is 0.258. The van der Waals surface area contributed by atoms with Crippen LogP contribution in [0, 0.1) is 0 Å². The standard InChI is InChI=1S/C10H11N7OS/c1-11-6-5-17-4-3-12-7(17)8(13-6)19-10-15-14-9(18)16(10)2/h3-5,11H,1-2H3,(H,14,18). The molecule has 9 heteroatoms. The highest BCUT2D eigenvalue weighted by Gasteiger charge is 2.13. The number of imidazole rings is 1. The van der Waals surface area contributed by atoms with Gasteiger partial charge in [0.25, 0.3) is 0 Å². The van der Waals surface area contributed by atoms with E-state index in [0.717, 1.165) is 5.65 Å². The number of nitrogens with zero attached hydrogens (tertiary/aromatic N) is 5. The molecular weight excluding hydrogens is 266 g/mol. The highest BCUT2D eigenvalue weighted by Crippen LogP contribution is 2.27. The summed E-state index contributed by atoms with van der Waals surface area (Å²) in [5.74, 6) is 0.716. The first-order chi connectivity index (χ1) is 9.19. The summed E-state index contributed by atoms with van der Waals surface area (Å²) in [7, 11) is 3.45. The lowest BCUT2D eigenvalue weighted by atomic mass is 10.6. The van der Waals surface area contributed by atoms with Crippen molar-refractivity contribution in [3.8, 4) is 0 Å². The third kappa shape index (κ3) is 1.97. The van der Waals surface area contributed by atoms with Gasteiger partial charge in [0.1, 0.15) is 10.8 Å². The minimum Gasteiger partial charge on any atom is -0.372 e. The number of hydrogen-bond acceptors (Lipinski definition) is 6. The third-order valence-corrected chi connectivity index (χ3v) is 3.64. The Morgan fingerprint density at radius 1 is 1.47 bits per heavy atom. The van der Waals surface area contributed by atoms with Crippen LogP contribution in [0.2, 0.25) is 0 Å². The van der Waals surface area contributed by atoms with E-state index < -0.39 is 0 Å². The number of fused-ring (bicyclic) bond motifs is 1. The monoisotopic (exact) mass is 277 g/mol. The van der Waals surface area contributed by atoms with E-state index in [1.807, 2.05) is 16.8 Å². The number of rotatable bonds is 3. The van der Waals surface area contributed by atoms with Crippen molar-refractivity contribution in [2.45, 2.75) is 10.2 Å². The molecule has 0 atom stereocenters. The quantitative estimate of drug-likeness (QED) is 0.717. The van der Waals surface area contributed by atoms with Crippen molar-refractivity contribution in [1.29, 1.82) is 0 Å². The van der Waals surface area contributed by atoms with Gasteiger partial charge in [-0.15, -0.1) is 5.10 Å². The summed E-state index contributed by atoms with van der Waals surface area (Å²) >= 11 is 1.28. The average Bonchev–Trinajstić information content (AvgIpc) is 3.00. The Hall–Kier alpha value is -2.29. The molecule has 0 radical (unpaired) electrons. The molecule has 0 bridgehead atoms. The molecule has 0 saturated carbocycles. The number of nitrogens with one attached hydrogen (secondary N) is 2. The highest BCUT2D eigenvalue weighted by atomic mass is 32.2. The van der Waals surface area contributed by atoms with E-state index in [9.17, 15) is 4.79 Å². The summed E-state index contributed by atoms with van der Waals surface area (Å²) in [6.45, 7) is 0. The number of anilines is 1. The van der Waals surface area contributed by atoms with Crippen molar-refractivity contribution in [1.82, 2.24) is 29.1 Å². The van der Waals surface area contributed by atoms with Crippen LogP contribution in [0.3, 0.4) is 0 Å². The molecule has 3 aromatic heterocycles. The van der Waals surface area contributed by atoms with Gasteiger partial charge < -0.3 is 9.72 Å². The average molecular weight is 277 g/mol. The van der Waals surface area contributed by atoms with Gasteiger partial charge in [-0.1, -0.05) is 0 Å². The van der Waals surface area contributed by atoms with Crippen LogP contribution in [0.1, 0.15) is 0 Å². The molecule has 98 valence electrons. The minimum atomic E-state index is -0.258. The maximum atomic E-state index is 11.3. The van der Waals surface area contributed by atoms with Crippen molar-refractivity contribution in [3.05, 3.63) is 29.1 Å². The second-order valence-corrected chi connectivity index (χ2v) is 4.77. The van der Waals surface area contributed by atoms with E-state index in [4.69, 9.17) is 0 Å². The van der Waals surface area contributed by atoms with E-state index in [1.54, 1.807) is 20.3 Å². The number of aromatic amines is 1. The van der Waals surface area contributed by atoms with Crippen molar-refractivity contribution in [2.24, 2.45) is 7.05 Å². The Balaban J connectivity index is 2.11. The van der Waals surface area contributed by atoms with E-state index in [0.29, 0.717) is 16.0 Å². The fraction of sp³-hybridized carbons (Fsp3) is 0.200. The molecule has 3 heterocycles. The van der Waals surface area contributed by atoms with Crippen molar-refractivity contribution < 1.29 is 0 Å². The van der Waals surface area contributed by atoms with E-state index in [-0.39, 0.29) is 5.69 Å². The Bertz CT molecular complexity index is 787. The van der Waals surface area contributed by atoms with Gasteiger partial charge in [0.2, 0.25) is 0 Å². The maximum Gasteiger partial charge on any atom is 0.343 e. The summed E-state index contributed by atoms with van der Waals surface area (Å²) in [5, 5.41) is 10.5. The second-order valence-electron chi connectivity index (χ2n) is 3.81. The van der Waals surface area contributed by atoms with Crippen LogP contribution < -0.4 is 11.0 Å². The Kier molecular flexibility index (Phi) is 2.75. The first kappa shape index (κ1) is 11.8. The molecule has 0 aliphatic heterocycles. The van der Waals surface area contributed by atoms with Gasteiger partial charge in [0.15, 0.2) is 10.8 Å². The molecule has 3 aromatic rings. The normalized spacial score (nSPS) is 11.1. The van der Waals surface area contributed by atoms with Gasteiger partial charge in [-0.3, -0.25) is 4.57 Å². The molecule has 2 N–H and O–H groups in total. The first-order valence-corrected chi connectivity index (χ1v) is 6.31. The molecule has 0 aliphatic rings. The van der Waals surface area contributed by atoms with Crippen molar-refractivity contribution in [2.75, 3.05) is 12.4 Å². The summed E-state index contributed by atoms with van der Waals surface area (Å²) < 4.78 is 3.30. The van der Waals surface area contributed by atoms with Crippen LogP contribution >= 0.6 is 11.8 Å². The predicted molar refractivity (Wildman–Crippen MR) is 70.5 cm³/mol. The zero-order valence-corrected chi connectivity index (χ0v) is 11.1. The molecule has 0 unspecified atom stereocenters. The summed E-state index contributed by atoms with van der Waals surface area (Å²) in [5.41, 5.74) is 0.464. The molecule has 3 rings (SSSR count). The fourth-order valence-electron chi connectivity index (χ4n) is 1.60. The van der Waals surface area contributed by atoms with E-state index >= 15 is 0 Å². The topological polar surface area (TPSA) is 92.9 Å². The Morgan fingerprint density at radius 3 is 3.00 bits per heavy atom. The summed E-state index contributed by atoms with van der Waals surface area (Å²) in [4.78, 5) is 20.0. The van der Waals surface area contributed by atoms with Crippen LogP contribution in [0.25, 0.3) is 5.65 Å². The van der Waals surface area contributed by atoms with Crippen molar-refractivity contribution in [3.63, 3.8) is 0 Å². The van der Waals surface area contributed by atoms with Gasteiger partial charge in [-0.2, -0.15) is 0 Å². The molecule has 0 fully saturated rings. The van der Waals surface area contributed by atoms with Gasteiger partial charge >= 0.3 is 5.69 Å². The summed E-state index contributed by atoms with van der Waals surface area (Å²) in [6.07, 6.45) is 5.38.